The molecule has 0 aliphatic heterocycles. The summed E-state index contributed by atoms with van der Waals surface area (Å²) in [5, 5.41) is 4.39. The third-order valence-electron chi connectivity index (χ3n) is 15.2. The van der Waals surface area contributed by atoms with Crippen LogP contribution in [0.15, 0.2) is 72.8 Å². The van der Waals surface area contributed by atoms with Crippen molar-refractivity contribution in [1.82, 2.24) is 0 Å². The fourth-order valence-electron chi connectivity index (χ4n) is 16.2. The van der Waals surface area contributed by atoms with Gasteiger partial charge in [0.1, 0.15) is 6.15 Å². The van der Waals surface area contributed by atoms with E-state index >= 15 is 0 Å². The maximum absolute atomic E-state index is 14.2. The van der Waals surface area contributed by atoms with E-state index in [9.17, 15) is 105 Å². The van der Waals surface area contributed by atoms with Crippen molar-refractivity contribution in [2.45, 2.75) is 282 Å². The van der Waals surface area contributed by atoms with Gasteiger partial charge in [-0.2, -0.15) is 127 Å². The molecule has 0 bridgehead atoms. The average molecular weight is 1680 g/mol. The Morgan fingerprint density at radius 1 is 0.172 bits per heavy atom. The zero-order chi connectivity index (χ0) is 77.1. The first-order valence-corrected chi connectivity index (χ1v) is 34.9. The van der Waals surface area contributed by atoms with Gasteiger partial charge in [0, 0.05) is 52.8 Å². The van der Waals surface area contributed by atoms with Gasteiger partial charge in [0.2, 0.25) is 0 Å². The molecule has 15 radical (unpaired) electrons. The molecule has 4 rings (SSSR count). The second-order valence-electron chi connectivity index (χ2n) is 33.6. The summed E-state index contributed by atoms with van der Waals surface area (Å²) in [6, 6.07) is -8.81. The summed E-state index contributed by atoms with van der Waals surface area (Å²) < 4.78 is 341. The number of hydrogen-bond acceptors (Lipinski definition) is 0. The zero-order valence-electron chi connectivity index (χ0n) is 61.1. The molecule has 0 unspecified atom stereocenters. The molecule has 0 fully saturated rings. The topological polar surface area (TPSA) is 0 Å². The molecule has 0 aliphatic rings. The molecule has 0 saturated heterocycles. The molecule has 0 atom stereocenters. The summed E-state index contributed by atoms with van der Waals surface area (Å²) in [4.78, 5) is 0. The first-order valence-electron chi connectivity index (χ1n) is 30.4. The molecule has 0 aliphatic carbocycles. The van der Waals surface area contributed by atoms with Crippen LogP contribution < -0.4 is 21.9 Å². The fraction of sp³-hybridized carbons (Fsp3) is 0.647. The van der Waals surface area contributed by atoms with Crippen molar-refractivity contribution in [2.24, 2.45) is 0 Å². The van der Waals surface area contributed by atoms with Crippen molar-refractivity contribution >= 4 is 107 Å². The Morgan fingerprint density at radius 3 is 0.303 bits per heavy atom. The van der Waals surface area contributed by atoms with Crippen LogP contribution in [0.1, 0.15) is 231 Å². The minimum Gasteiger partial charge on any atom is -0.194 e. The van der Waals surface area contributed by atoms with Crippen LogP contribution >= 0.6 is 0 Å². The van der Waals surface area contributed by atoms with Gasteiger partial charge >= 0.3 is 49.4 Å². The third-order valence-corrected chi connectivity index (χ3v) is 28.7. The van der Waals surface area contributed by atoms with Gasteiger partial charge in [-0.05, 0) is 69.6 Å². The predicted molar refractivity (Wildman–Crippen MR) is 362 cm³/mol. The first kappa shape index (κ1) is 101. The normalized spacial score (nSPS) is 14.2. The van der Waals surface area contributed by atoms with Crippen LogP contribution in [0.2, 0.25) is 45.3 Å². The Morgan fingerprint density at radius 2 is 0.253 bits per heavy atom. The molecule has 561 valence electrons. The van der Waals surface area contributed by atoms with Crippen molar-refractivity contribution < 1.29 is 105 Å². The molecule has 31 heteroatoms. The van der Waals surface area contributed by atoms with Gasteiger partial charge in [0.15, 0.2) is 0 Å². The number of hydrogen-bond donors (Lipinski definition) is 0. The minimum absolute atomic E-state index is 0. The molecule has 99 heavy (non-hydrogen) atoms. The van der Waals surface area contributed by atoms with Crippen LogP contribution in [0, 0.1) is 0 Å². The second-order valence-corrected chi connectivity index (χ2v) is 49.3. The molecule has 0 spiro atoms. The number of rotatable bonds is 4. The SMILES string of the molecule is CC(C)(C)[Si](C(C)(C)C)C(C)(C)C.CC(C)(C)[Si](C(C)(C)C)C(C)(C)C.CC(C)(C)[Si](C(C)(C)C)C(C)(C)C.FC(F)(F)c1cc([B-](c2cc(C(F)(F)F)cc(C(F)(F)F)c2)(c2cc(C(F)(F)F)cc(C(F)(F)F)c2)c2cc(C(F)(F)F)cc(C(F)(F)F)c2)cc(C(F)(F)F)c1.[Ge].[Ge].[Ge]. The summed E-state index contributed by atoms with van der Waals surface area (Å²) in [7, 11) is -1.17. The minimum atomic E-state index is -6.13. The largest absolute Gasteiger partial charge is 0.416 e. The summed E-state index contributed by atoms with van der Waals surface area (Å²) in [5.74, 6) is 0. The van der Waals surface area contributed by atoms with Gasteiger partial charge in [0.25, 0.3) is 0 Å². The molecule has 4 aromatic carbocycles. The second kappa shape index (κ2) is 32.3. The Balaban J connectivity index is -0.00000177. The summed E-state index contributed by atoms with van der Waals surface area (Å²) in [6.45, 7) is 64.8. The average Bonchev–Trinajstić information content (AvgIpc) is 0.708. The fourth-order valence-corrected chi connectivity index (χ4v) is 36.4. The number of benzene rings is 4. The molecule has 0 saturated carbocycles. The Kier molecular flexibility index (Phi) is 32.9. The van der Waals surface area contributed by atoms with Crippen molar-refractivity contribution in [3.63, 3.8) is 0 Å². The Bertz CT molecular complexity index is 2600. The quantitative estimate of drug-likeness (QED) is 0.141. The molecular formula is C68H93BF24Ge3Si3-. The van der Waals surface area contributed by atoms with Gasteiger partial charge < -0.3 is 0 Å². The van der Waals surface area contributed by atoms with E-state index in [1.54, 1.807) is 0 Å². The maximum Gasteiger partial charge on any atom is 0.416 e. The molecule has 0 nitrogen and oxygen atoms in total. The molecular weight excluding hydrogens is 1590 g/mol. The smallest absolute Gasteiger partial charge is 0.194 e. The van der Waals surface area contributed by atoms with Crippen molar-refractivity contribution in [3.05, 3.63) is 117 Å². The summed E-state index contributed by atoms with van der Waals surface area (Å²) in [6.07, 6.45) is -54.8. The predicted octanol–water partition coefficient (Wildman–Crippen LogP) is 24.7. The molecule has 0 amide bonds. The first-order chi connectivity index (χ1) is 41.4. The maximum atomic E-state index is 14.2. The van der Waals surface area contributed by atoms with E-state index < -0.39 is 221 Å². The van der Waals surface area contributed by atoms with E-state index in [4.69, 9.17) is 0 Å². The van der Waals surface area contributed by atoms with Crippen LogP contribution in [-0.4, -0.2) is 85.3 Å². The van der Waals surface area contributed by atoms with E-state index in [0.29, 0.717) is 45.3 Å². The van der Waals surface area contributed by atoms with Crippen molar-refractivity contribution in [3.8, 4) is 0 Å². The van der Waals surface area contributed by atoms with E-state index in [1.165, 1.54) is 0 Å². The molecule has 4 aromatic rings. The Labute approximate surface area is 608 Å². The van der Waals surface area contributed by atoms with Crippen LogP contribution in [-0.2, 0) is 49.4 Å². The van der Waals surface area contributed by atoms with Gasteiger partial charge in [-0.1, -0.05) is 235 Å². The van der Waals surface area contributed by atoms with Crippen LogP contribution in [0.4, 0.5) is 105 Å². The molecule has 0 heterocycles. The van der Waals surface area contributed by atoms with Gasteiger partial charge in [0.05, 0.1) is 70.9 Å². The van der Waals surface area contributed by atoms with Crippen molar-refractivity contribution in [1.29, 1.82) is 0 Å². The number of halogens is 24. The Hall–Kier alpha value is -2.46. The van der Waals surface area contributed by atoms with E-state index in [0.717, 1.165) is 0 Å². The van der Waals surface area contributed by atoms with Crippen LogP contribution in [0.25, 0.3) is 0 Å². The van der Waals surface area contributed by atoms with Gasteiger partial charge in [-0.25, -0.2) is 0 Å². The molecule has 0 aromatic heterocycles. The van der Waals surface area contributed by atoms with Crippen LogP contribution in [0.5, 0.6) is 0 Å². The van der Waals surface area contributed by atoms with E-state index in [-0.39, 0.29) is 52.8 Å². The van der Waals surface area contributed by atoms with E-state index in [1.807, 2.05) is 0 Å². The van der Waals surface area contributed by atoms with E-state index in [2.05, 4.69) is 187 Å². The summed E-state index contributed by atoms with van der Waals surface area (Å²) in [5.41, 5.74) is -30.2. The number of alkyl halides is 24. The standard InChI is InChI=1S/C32H12BF24.3C12H27Si.3Ge/c34-25(35,36)13-1-14(26(37,38)39)6-21(5-13)33(22-7-15(27(40,41)42)2-16(8-22)28(43,44)45,23-9-17(29(46,47)48)3-18(10-23)30(49,50)51)24-11-19(31(52,53)54)4-20(12-24)32(55,56)57;3*1-10(2,3)13(11(4,5)6)12(7,8)9;;;/h1-12H;3*1-9H3;;;/q-1;;;;;;. The molecule has 0 N–H and O–H groups in total. The van der Waals surface area contributed by atoms with Crippen molar-refractivity contribution in [2.75, 3.05) is 0 Å². The zero-order valence-corrected chi connectivity index (χ0v) is 70.4. The van der Waals surface area contributed by atoms with Gasteiger partial charge in [-0.15, -0.1) is 0 Å². The van der Waals surface area contributed by atoms with Crippen LogP contribution in [0.3, 0.4) is 0 Å². The van der Waals surface area contributed by atoms with Gasteiger partial charge in [-0.3, -0.25) is 0 Å². The summed E-state index contributed by atoms with van der Waals surface area (Å²) >= 11 is 0. The third kappa shape index (κ3) is 28.4. The monoisotopic (exact) mass is 1680 g/mol.